The van der Waals surface area contributed by atoms with E-state index in [0.29, 0.717) is 5.75 Å². The molecule has 2 aromatic rings. The number of phenols is 1. The molecule has 0 aliphatic rings. The Labute approximate surface area is 111 Å². The monoisotopic (exact) mass is 257 g/mol. The van der Waals surface area contributed by atoms with Gasteiger partial charge in [0.1, 0.15) is 11.5 Å². The maximum Gasteiger partial charge on any atom is 0.264 e. The Morgan fingerprint density at radius 1 is 1.11 bits per heavy atom. The van der Waals surface area contributed by atoms with Gasteiger partial charge in [0.15, 0.2) is 6.61 Å². The number of aromatic hydroxyl groups is 1. The van der Waals surface area contributed by atoms with Crippen molar-refractivity contribution in [1.29, 1.82) is 0 Å². The lowest BCUT2D eigenvalue weighted by molar-refractivity contribution is -0.120. The van der Waals surface area contributed by atoms with Crippen LogP contribution < -0.4 is 9.64 Å². The van der Waals surface area contributed by atoms with Gasteiger partial charge in [0.2, 0.25) is 0 Å². The van der Waals surface area contributed by atoms with Gasteiger partial charge in [0.25, 0.3) is 5.91 Å². The molecular formula is C15H15NO3. The number of para-hydroxylation sites is 1. The van der Waals surface area contributed by atoms with Crippen molar-refractivity contribution in [1.82, 2.24) is 0 Å². The molecule has 0 saturated heterocycles. The van der Waals surface area contributed by atoms with Gasteiger partial charge >= 0.3 is 0 Å². The number of benzene rings is 2. The molecule has 98 valence electrons. The van der Waals surface area contributed by atoms with Crippen molar-refractivity contribution >= 4 is 11.6 Å². The first-order valence-electron chi connectivity index (χ1n) is 5.90. The maximum atomic E-state index is 11.9. The predicted octanol–water partition coefficient (Wildman–Crippen LogP) is 2.43. The number of carbonyl (C=O) groups excluding carboxylic acids is 1. The van der Waals surface area contributed by atoms with E-state index in [-0.39, 0.29) is 18.3 Å². The van der Waals surface area contributed by atoms with Gasteiger partial charge in [-0.1, -0.05) is 18.2 Å². The summed E-state index contributed by atoms with van der Waals surface area (Å²) >= 11 is 0. The van der Waals surface area contributed by atoms with Crippen LogP contribution in [-0.4, -0.2) is 24.7 Å². The minimum absolute atomic E-state index is 0.0455. The van der Waals surface area contributed by atoms with Gasteiger partial charge in [0, 0.05) is 12.7 Å². The van der Waals surface area contributed by atoms with Crippen LogP contribution in [0.25, 0.3) is 0 Å². The van der Waals surface area contributed by atoms with Crippen LogP contribution in [0.3, 0.4) is 0 Å². The molecule has 19 heavy (non-hydrogen) atoms. The highest BCUT2D eigenvalue weighted by Crippen LogP contribution is 2.16. The molecule has 1 amide bonds. The molecule has 0 fully saturated rings. The van der Waals surface area contributed by atoms with Crippen LogP contribution in [0.4, 0.5) is 5.69 Å². The molecule has 0 spiro atoms. The second kappa shape index (κ2) is 5.91. The molecule has 2 aromatic carbocycles. The molecule has 0 aliphatic carbocycles. The number of rotatable bonds is 4. The smallest absolute Gasteiger partial charge is 0.264 e. The van der Waals surface area contributed by atoms with Gasteiger partial charge in [-0.15, -0.1) is 0 Å². The number of likely N-dealkylation sites (N-methyl/N-ethyl adjacent to an activating group) is 1. The summed E-state index contributed by atoms with van der Waals surface area (Å²) in [6.45, 7) is -0.0455. The van der Waals surface area contributed by atoms with E-state index in [9.17, 15) is 4.79 Å². The number of amides is 1. The Kier molecular flexibility index (Phi) is 4.03. The highest BCUT2D eigenvalue weighted by atomic mass is 16.5. The fourth-order valence-corrected chi connectivity index (χ4v) is 1.58. The fourth-order valence-electron chi connectivity index (χ4n) is 1.58. The van der Waals surface area contributed by atoms with E-state index in [1.165, 1.54) is 12.1 Å². The van der Waals surface area contributed by atoms with Crippen LogP contribution in [0, 0.1) is 0 Å². The molecule has 0 atom stereocenters. The van der Waals surface area contributed by atoms with E-state index < -0.39 is 0 Å². The average molecular weight is 257 g/mol. The van der Waals surface area contributed by atoms with Crippen molar-refractivity contribution < 1.29 is 14.6 Å². The Morgan fingerprint density at radius 3 is 2.37 bits per heavy atom. The topological polar surface area (TPSA) is 49.8 Å². The minimum atomic E-state index is -0.140. The van der Waals surface area contributed by atoms with Crippen LogP contribution in [0.5, 0.6) is 11.5 Å². The molecule has 4 heteroatoms. The first kappa shape index (κ1) is 13.0. The van der Waals surface area contributed by atoms with Crippen LogP contribution in [0.1, 0.15) is 0 Å². The number of anilines is 1. The molecule has 0 saturated carbocycles. The van der Waals surface area contributed by atoms with Gasteiger partial charge in [-0.05, 0) is 36.4 Å². The normalized spacial score (nSPS) is 9.95. The Hall–Kier alpha value is -2.49. The van der Waals surface area contributed by atoms with Gasteiger partial charge < -0.3 is 14.7 Å². The van der Waals surface area contributed by atoms with E-state index in [2.05, 4.69) is 0 Å². The standard InChI is InChI=1S/C15H15NO3/c1-16(12-5-3-2-4-6-12)15(18)11-19-14-9-7-13(17)8-10-14/h2-10,17H,11H2,1H3. The summed E-state index contributed by atoms with van der Waals surface area (Å²) < 4.78 is 5.36. The lowest BCUT2D eigenvalue weighted by Gasteiger charge is -2.17. The van der Waals surface area contributed by atoms with Crippen LogP contribution >= 0.6 is 0 Å². The van der Waals surface area contributed by atoms with Gasteiger partial charge in [-0.3, -0.25) is 4.79 Å². The molecule has 0 heterocycles. The summed E-state index contributed by atoms with van der Waals surface area (Å²) in [4.78, 5) is 13.5. The number of nitrogens with zero attached hydrogens (tertiary/aromatic N) is 1. The zero-order valence-corrected chi connectivity index (χ0v) is 10.6. The lowest BCUT2D eigenvalue weighted by atomic mass is 10.3. The highest BCUT2D eigenvalue weighted by molar-refractivity contribution is 5.93. The molecule has 4 nitrogen and oxygen atoms in total. The number of hydrogen-bond donors (Lipinski definition) is 1. The van der Waals surface area contributed by atoms with Crippen molar-refractivity contribution in [3.8, 4) is 11.5 Å². The zero-order valence-electron chi connectivity index (χ0n) is 10.6. The quantitative estimate of drug-likeness (QED) is 0.915. The van der Waals surface area contributed by atoms with Crippen LogP contribution in [0.2, 0.25) is 0 Å². The predicted molar refractivity (Wildman–Crippen MR) is 73.5 cm³/mol. The van der Waals surface area contributed by atoms with E-state index in [1.807, 2.05) is 30.3 Å². The largest absolute Gasteiger partial charge is 0.508 e. The maximum absolute atomic E-state index is 11.9. The Morgan fingerprint density at radius 2 is 1.74 bits per heavy atom. The third kappa shape index (κ3) is 3.48. The lowest BCUT2D eigenvalue weighted by Crippen LogP contribution is -2.31. The van der Waals surface area contributed by atoms with Crippen molar-refractivity contribution in [3.63, 3.8) is 0 Å². The highest BCUT2D eigenvalue weighted by Gasteiger charge is 2.11. The first-order valence-corrected chi connectivity index (χ1v) is 5.90. The van der Waals surface area contributed by atoms with E-state index >= 15 is 0 Å². The fraction of sp³-hybridized carbons (Fsp3) is 0.133. The Bertz CT molecular complexity index is 537. The molecule has 2 rings (SSSR count). The SMILES string of the molecule is CN(C(=O)COc1ccc(O)cc1)c1ccccc1. The third-order valence-electron chi connectivity index (χ3n) is 2.72. The molecule has 0 unspecified atom stereocenters. The molecule has 0 aromatic heterocycles. The molecule has 1 N–H and O–H groups in total. The molecule has 0 radical (unpaired) electrons. The summed E-state index contributed by atoms with van der Waals surface area (Å²) in [5.74, 6) is 0.576. The van der Waals surface area contributed by atoms with Crippen molar-refractivity contribution in [3.05, 3.63) is 54.6 Å². The summed E-state index contributed by atoms with van der Waals surface area (Å²) in [6, 6.07) is 15.6. The zero-order chi connectivity index (χ0) is 13.7. The molecule has 0 bridgehead atoms. The second-order valence-corrected chi connectivity index (χ2v) is 4.07. The number of phenolic OH excluding ortho intramolecular Hbond substituents is 1. The van der Waals surface area contributed by atoms with E-state index in [4.69, 9.17) is 9.84 Å². The van der Waals surface area contributed by atoms with Crippen molar-refractivity contribution in [2.75, 3.05) is 18.6 Å². The summed E-state index contributed by atoms with van der Waals surface area (Å²) in [6.07, 6.45) is 0. The van der Waals surface area contributed by atoms with Gasteiger partial charge in [-0.2, -0.15) is 0 Å². The summed E-state index contributed by atoms with van der Waals surface area (Å²) in [5, 5.41) is 9.14. The Balaban J connectivity index is 1.93. The van der Waals surface area contributed by atoms with E-state index in [0.717, 1.165) is 5.69 Å². The van der Waals surface area contributed by atoms with Crippen LogP contribution in [-0.2, 0) is 4.79 Å². The number of ether oxygens (including phenoxy) is 1. The van der Waals surface area contributed by atoms with Crippen molar-refractivity contribution in [2.24, 2.45) is 0 Å². The number of hydrogen-bond acceptors (Lipinski definition) is 3. The van der Waals surface area contributed by atoms with Crippen LogP contribution in [0.15, 0.2) is 54.6 Å². The first-order chi connectivity index (χ1) is 9.16. The molecule has 0 aliphatic heterocycles. The molecular weight excluding hydrogens is 242 g/mol. The summed E-state index contributed by atoms with van der Waals surface area (Å²) in [7, 11) is 1.71. The third-order valence-corrected chi connectivity index (χ3v) is 2.72. The average Bonchev–Trinajstić information content (AvgIpc) is 2.46. The second-order valence-electron chi connectivity index (χ2n) is 4.07. The summed E-state index contributed by atoms with van der Waals surface area (Å²) in [5.41, 5.74) is 0.821. The van der Waals surface area contributed by atoms with E-state index in [1.54, 1.807) is 24.1 Å². The van der Waals surface area contributed by atoms with Crippen molar-refractivity contribution in [2.45, 2.75) is 0 Å². The van der Waals surface area contributed by atoms with Gasteiger partial charge in [-0.25, -0.2) is 0 Å². The van der Waals surface area contributed by atoms with Gasteiger partial charge in [0.05, 0.1) is 0 Å². The number of carbonyl (C=O) groups is 1. The minimum Gasteiger partial charge on any atom is -0.508 e.